The van der Waals surface area contributed by atoms with Crippen molar-refractivity contribution in [1.82, 2.24) is 0 Å². The van der Waals surface area contributed by atoms with Gasteiger partial charge in [-0.05, 0) is 140 Å². The van der Waals surface area contributed by atoms with Crippen LogP contribution in [0.15, 0.2) is 24.3 Å². The molecule has 0 aromatic heterocycles. The predicted molar refractivity (Wildman–Crippen MR) is 150 cm³/mol. The number of aliphatic hydroxyl groups is 2. The van der Waals surface area contributed by atoms with Gasteiger partial charge in [0.2, 0.25) is 0 Å². The van der Waals surface area contributed by atoms with Crippen molar-refractivity contribution >= 4 is 5.97 Å². The van der Waals surface area contributed by atoms with Gasteiger partial charge >= 0.3 is 5.97 Å². The van der Waals surface area contributed by atoms with Crippen LogP contribution in [0.25, 0.3) is 0 Å². The van der Waals surface area contributed by atoms with Gasteiger partial charge in [0.15, 0.2) is 0 Å². The lowest BCUT2D eigenvalue weighted by Crippen LogP contribution is -2.62. The molecular weight excluding hydrogens is 472 g/mol. The van der Waals surface area contributed by atoms with E-state index in [4.69, 9.17) is 0 Å². The van der Waals surface area contributed by atoms with E-state index in [-0.39, 0.29) is 17.6 Å². The zero-order valence-corrected chi connectivity index (χ0v) is 24.0. The molecule has 1 aromatic carbocycles. The van der Waals surface area contributed by atoms with Crippen molar-refractivity contribution in [3.63, 3.8) is 0 Å². The predicted octanol–water partition coefficient (Wildman–Crippen LogP) is 7.14. The van der Waals surface area contributed by atoms with Crippen LogP contribution in [-0.2, 0) is 0 Å². The minimum atomic E-state index is -0.835. The quantitative estimate of drug-likeness (QED) is 0.371. The standard InChI is InChI=1S/C34H50O4/c1-5-24-29-18-23(35)11-13-34(29,4)28-12-14-33(3)26(9-10-27(33)30(28)31(24)36)19(2)15-22-17-25(22)20-7-6-8-21(16-20)32(37)38/h6-8,16,19,22-31,35-36H,5,9-15,17-18H2,1-4H3,(H,37,38)/t19-,22?,23-,24-,25?,26-,27+,28+,29+,30+,31-,33-,34-/m1/s1. The molecule has 5 fully saturated rings. The number of hydrogen-bond acceptors (Lipinski definition) is 3. The van der Waals surface area contributed by atoms with Crippen molar-refractivity contribution in [2.45, 2.75) is 110 Å². The summed E-state index contributed by atoms with van der Waals surface area (Å²) < 4.78 is 0. The number of carbonyl (C=O) groups is 1. The van der Waals surface area contributed by atoms with Crippen molar-refractivity contribution < 1.29 is 20.1 Å². The van der Waals surface area contributed by atoms with Gasteiger partial charge < -0.3 is 15.3 Å². The summed E-state index contributed by atoms with van der Waals surface area (Å²) >= 11 is 0. The Bertz CT molecular complexity index is 1050. The van der Waals surface area contributed by atoms with Crippen molar-refractivity contribution in [2.24, 2.45) is 58.2 Å². The summed E-state index contributed by atoms with van der Waals surface area (Å²) in [6.45, 7) is 9.85. The second-order valence-electron chi connectivity index (χ2n) is 14.9. The van der Waals surface area contributed by atoms with E-state index in [0.29, 0.717) is 64.2 Å². The summed E-state index contributed by atoms with van der Waals surface area (Å²) in [6, 6.07) is 7.60. The van der Waals surface area contributed by atoms with Crippen molar-refractivity contribution in [1.29, 1.82) is 0 Å². The highest BCUT2D eigenvalue weighted by Gasteiger charge is 2.65. The van der Waals surface area contributed by atoms with E-state index in [1.807, 2.05) is 12.1 Å². The maximum Gasteiger partial charge on any atom is 0.335 e. The fourth-order valence-electron chi connectivity index (χ4n) is 11.4. The van der Waals surface area contributed by atoms with Gasteiger partial charge in [-0.15, -0.1) is 0 Å². The van der Waals surface area contributed by atoms with E-state index in [9.17, 15) is 20.1 Å². The van der Waals surface area contributed by atoms with Gasteiger partial charge in [-0.25, -0.2) is 4.79 Å². The molecule has 4 heteroatoms. The second kappa shape index (κ2) is 9.61. The molecule has 4 nitrogen and oxygen atoms in total. The van der Waals surface area contributed by atoms with Crippen LogP contribution in [0.4, 0.5) is 0 Å². The van der Waals surface area contributed by atoms with Gasteiger partial charge in [-0.3, -0.25) is 0 Å². The molecule has 0 heterocycles. The van der Waals surface area contributed by atoms with Crippen LogP contribution in [0, 0.1) is 58.2 Å². The first-order valence-electron chi connectivity index (χ1n) is 15.8. The van der Waals surface area contributed by atoms with Crippen molar-refractivity contribution in [2.75, 3.05) is 0 Å². The molecule has 0 saturated heterocycles. The SMILES string of the molecule is CC[C@H]1[C@@H](O)[C@@H]2[C@H](CC[C@]3(C)[C@@H]([C@H](C)CC4CC4c4cccc(C(=O)O)c4)CC[C@@H]23)[C@@]2(C)CC[C@@H](O)C[C@@H]12. The Morgan fingerprint density at radius 1 is 1.00 bits per heavy atom. The highest BCUT2D eigenvalue weighted by Crippen LogP contribution is 2.70. The number of rotatable bonds is 6. The number of aromatic carboxylic acids is 1. The number of carboxylic acid groups (broad SMARTS) is 1. The van der Waals surface area contributed by atoms with Gasteiger partial charge in [0.25, 0.3) is 0 Å². The third-order valence-corrected chi connectivity index (χ3v) is 13.3. The number of benzene rings is 1. The molecule has 2 unspecified atom stereocenters. The molecule has 0 aliphatic heterocycles. The average molecular weight is 523 g/mol. The number of fused-ring (bicyclic) bond motifs is 5. The average Bonchev–Trinajstić information content (AvgIpc) is 3.56. The molecule has 5 saturated carbocycles. The lowest BCUT2D eigenvalue weighted by Gasteiger charge is -2.64. The lowest BCUT2D eigenvalue weighted by molar-refractivity contribution is -0.203. The highest BCUT2D eigenvalue weighted by atomic mass is 16.4. The van der Waals surface area contributed by atoms with Crippen LogP contribution in [0.3, 0.4) is 0 Å². The summed E-state index contributed by atoms with van der Waals surface area (Å²) in [7, 11) is 0. The molecule has 1 aromatic rings. The van der Waals surface area contributed by atoms with E-state index in [2.05, 4.69) is 33.8 Å². The molecule has 5 aliphatic rings. The first-order valence-corrected chi connectivity index (χ1v) is 15.8. The maximum absolute atomic E-state index is 11.9. The third kappa shape index (κ3) is 4.10. The summed E-state index contributed by atoms with van der Waals surface area (Å²) in [5, 5.41) is 31.9. The van der Waals surface area contributed by atoms with E-state index in [1.165, 1.54) is 44.1 Å². The molecular formula is C34H50O4. The third-order valence-electron chi connectivity index (χ3n) is 13.3. The molecule has 13 atom stereocenters. The smallest absolute Gasteiger partial charge is 0.335 e. The summed E-state index contributed by atoms with van der Waals surface area (Å²) in [5.41, 5.74) is 2.18. The van der Waals surface area contributed by atoms with Crippen molar-refractivity contribution in [3.05, 3.63) is 35.4 Å². The Morgan fingerprint density at radius 3 is 2.47 bits per heavy atom. The Balaban J connectivity index is 1.18. The second-order valence-corrected chi connectivity index (χ2v) is 14.9. The van der Waals surface area contributed by atoms with Gasteiger partial charge in [0, 0.05) is 0 Å². The molecule has 0 radical (unpaired) electrons. The number of aliphatic hydroxyl groups excluding tert-OH is 2. The molecule has 3 N–H and O–H groups in total. The largest absolute Gasteiger partial charge is 0.478 e. The lowest BCUT2D eigenvalue weighted by atomic mass is 9.41. The first-order chi connectivity index (χ1) is 18.1. The molecule has 5 aliphatic carbocycles. The van der Waals surface area contributed by atoms with Crippen LogP contribution in [0.2, 0.25) is 0 Å². The molecule has 6 rings (SSSR count). The zero-order chi connectivity index (χ0) is 27.0. The van der Waals surface area contributed by atoms with Crippen LogP contribution in [-0.4, -0.2) is 33.5 Å². The molecule has 210 valence electrons. The molecule has 0 bridgehead atoms. The Morgan fingerprint density at radius 2 is 1.74 bits per heavy atom. The molecule has 0 amide bonds. The van der Waals surface area contributed by atoms with Crippen LogP contribution in [0.1, 0.15) is 114 Å². The van der Waals surface area contributed by atoms with Gasteiger partial charge in [-0.1, -0.05) is 46.2 Å². The highest BCUT2D eigenvalue weighted by molar-refractivity contribution is 5.87. The van der Waals surface area contributed by atoms with Gasteiger partial charge in [0.1, 0.15) is 0 Å². The Labute approximate surface area is 229 Å². The monoisotopic (exact) mass is 522 g/mol. The maximum atomic E-state index is 11.9. The Hall–Kier alpha value is -1.39. The first kappa shape index (κ1) is 26.8. The van der Waals surface area contributed by atoms with E-state index in [1.54, 1.807) is 6.07 Å². The van der Waals surface area contributed by atoms with Gasteiger partial charge in [0.05, 0.1) is 17.8 Å². The van der Waals surface area contributed by atoms with E-state index >= 15 is 0 Å². The molecule has 0 spiro atoms. The van der Waals surface area contributed by atoms with Crippen LogP contribution in [0.5, 0.6) is 0 Å². The Kier molecular flexibility index (Phi) is 6.78. The normalized spacial score (nSPS) is 48.5. The minimum Gasteiger partial charge on any atom is -0.478 e. The summed E-state index contributed by atoms with van der Waals surface area (Å²) in [6.07, 6.45) is 11.1. The minimum absolute atomic E-state index is 0.186. The van der Waals surface area contributed by atoms with E-state index < -0.39 is 5.97 Å². The van der Waals surface area contributed by atoms with Crippen molar-refractivity contribution in [3.8, 4) is 0 Å². The fraction of sp³-hybridized carbons (Fsp3) is 0.794. The van der Waals surface area contributed by atoms with Gasteiger partial charge in [-0.2, -0.15) is 0 Å². The summed E-state index contributed by atoms with van der Waals surface area (Å²) in [5.74, 6) is 4.14. The summed E-state index contributed by atoms with van der Waals surface area (Å²) in [4.78, 5) is 11.4. The van der Waals surface area contributed by atoms with Crippen LogP contribution >= 0.6 is 0 Å². The fourth-order valence-corrected chi connectivity index (χ4v) is 11.4. The number of carboxylic acids is 1. The molecule has 38 heavy (non-hydrogen) atoms. The topological polar surface area (TPSA) is 77.8 Å². The van der Waals surface area contributed by atoms with E-state index in [0.717, 1.165) is 25.7 Å². The number of hydrogen-bond donors (Lipinski definition) is 3. The van der Waals surface area contributed by atoms with Crippen LogP contribution < -0.4 is 0 Å². The zero-order valence-electron chi connectivity index (χ0n) is 24.0.